The van der Waals surface area contributed by atoms with Crippen molar-refractivity contribution in [2.24, 2.45) is 0 Å². The zero-order valence-electron chi connectivity index (χ0n) is 14.2. The van der Waals surface area contributed by atoms with Gasteiger partial charge in [0.25, 0.3) is 0 Å². The third kappa shape index (κ3) is 3.35. The molecular formula is C19H18N2O4S. The summed E-state index contributed by atoms with van der Waals surface area (Å²) in [5, 5.41) is 2.45. The van der Waals surface area contributed by atoms with E-state index in [0.29, 0.717) is 12.3 Å². The van der Waals surface area contributed by atoms with Crippen LogP contribution in [0.5, 0.6) is 11.5 Å². The molecule has 2 aliphatic rings. The number of amides is 2. The maximum atomic E-state index is 12.6. The first-order valence-corrected chi connectivity index (χ1v) is 9.17. The summed E-state index contributed by atoms with van der Waals surface area (Å²) in [7, 11) is 1.74. The number of fused-ring (bicyclic) bond motifs is 2. The van der Waals surface area contributed by atoms with Crippen LogP contribution in [0.4, 0.5) is 5.69 Å². The number of anilines is 1. The van der Waals surface area contributed by atoms with Crippen LogP contribution in [0.2, 0.25) is 0 Å². The van der Waals surface area contributed by atoms with E-state index in [9.17, 15) is 9.59 Å². The molecule has 0 radical (unpaired) electrons. The molecule has 1 N–H and O–H groups in total. The zero-order chi connectivity index (χ0) is 18.1. The molecule has 1 atom stereocenters. The van der Waals surface area contributed by atoms with Crippen LogP contribution in [-0.2, 0) is 16.1 Å². The van der Waals surface area contributed by atoms with Crippen molar-refractivity contribution in [2.45, 2.75) is 23.1 Å². The number of benzene rings is 2. The van der Waals surface area contributed by atoms with Crippen molar-refractivity contribution >= 4 is 29.3 Å². The van der Waals surface area contributed by atoms with Crippen LogP contribution in [0.3, 0.4) is 0 Å². The lowest BCUT2D eigenvalue weighted by atomic mass is 10.1. The van der Waals surface area contributed by atoms with Gasteiger partial charge in [-0.25, -0.2) is 0 Å². The number of rotatable bonds is 4. The summed E-state index contributed by atoms with van der Waals surface area (Å²) in [4.78, 5) is 27.5. The van der Waals surface area contributed by atoms with Gasteiger partial charge in [-0.1, -0.05) is 18.2 Å². The van der Waals surface area contributed by atoms with Crippen LogP contribution >= 0.6 is 11.8 Å². The number of nitrogens with zero attached hydrogens (tertiary/aromatic N) is 1. The van der Waals surface area contributed by atoms with E-state index in [4.69, 9.17) is 9.47 Å². The lowest BCUT2D eigenvalue weighted by molar-refractivity contribution is -0.131. The molecule has 0 bridgehead atoms. The van der Waals surface area contributed by atoms with Crippen LogP contribution in [0, 0.1) is 0 Å². The quantitative estimate of drug-likeness (QED) is 0.896. The molecule has 6 nitrogen and oxygen atoms in total. The molecule has 0 fully saturated rings. The molecule has 0 saturated carbocycles. The first-order chi connectivity index (χ1) is 12.6. The number of ether oxygens (including phenoxy) is 2. The molecular weight excluding hydrogens is 352 g/mol. The van der Waals surface area contributed by atoms with Gasteiger partial charge >= 0.3 is 0 Å². The predicted octanol–water partition coefficient (Wildman–Crippen LogP) is 2.88. The van der Waals surface area contributed by atoms with Gasteiger partial charge in [-0.15, -0.1) is 11.8 Å². The molecule has 0 unspecified atom stereocenters. The molecule has 2 heterocycles. The number of nitrogens with one attached hydrogen (secondary N) is 1. The summed E-state index contributed by atoms with van der Waals surface area (Å²) >= 11 is 1.44. The number of thioether (sulfide) groups is 1. The Hall–Kier alpha value is -2.67. The van der Waals surface area contributed by atoms with Crippen molar-refractivity contribution in [3.8, 4) is 11.5 Å². The van der Waals surface area contributed by atoms with E-state index in [1.165, 1.54) is 11.8 Å². The second-order valence-electron chi connectivity index (χ2n) is 6.23. The first-order valence-electron chi connectivity index (χ1n) is 8.29. The van der Waals surface area contributed by atoms with Crippen LogP contribution in [0.1, 0.15) is 12.0 Å². The van der Waals surface area contributed by atoms with Crippen LogP contribution in [0.15, 0.2) is 47.4 Å². The van der Waals surface area contributed by atoms with Crippen LogP contribution < -0.4 is 14.8 Å². The summed E-state index contributed by atoms with van der Waals surface area (Å²) in [5.74, 6) is 1.21. The minimum absolute atomic E-state index is 0.0744. The fourth-order valence-corrected chi connectivity index (χ4v) is 4.04. The van der Waals surface area contributed by atoms with Gasteiger partial charge in [0.2, 0.25) is 18.6 Å². The standard InChI is InChI=1S/C19H18N2O4S/c1-21(10-12-6-7-14-15(8-12)25-11-24-14)18(22)9-17-19(23)20-13-4-2-3-5-16(13)26-17/h2-8,17H,9-11H2,1H3,(H,20,23)/t17-/m0/s1. The second-order valence-corrected chi connectivity index (χ2v) is 7.48. The minimum atomic E-state index is -0.420. The Morgan fingerprint density at radius 1 is 1.23 bits per heavy atom. The fraction of sp³-hybridized carbons (Fsp3) is 0.263. The van der Waals surface area contributed by atoms with Gasteiger partial charge in [-0.2, -0.15) is 0 Å². The molecule has 2 amide bonds. The molecule has 2 aromatic carbocycles. The molecule has 26 heavy (non-hydrogen) atoms. The van der Waals surface area contributed by atoms with Gasteiger partial charge in [-0.3, -0.25) is 9.59 Å². The Morgan fingerprint density at radius 2 is 2.04 bits per heavy atom. The molecule has 0 spiro atoms. The number of hydrogen-bond acceptors (Lipinski definition) is 5. The number of para-hydroxylation sites is 1. The van der Waals surface area contributed by atoms with Gasteiger partial charge < -0.3 is 19.7 Å². The average molecular weight is 370 g/mol. The van der Waals surface area contributed by atoms with Gasteiger partial charge in [0.15, 0.2) is 11.5 Å². The van der Waals surface area contributed by atoms with Gasteiger partial charge in [-0.05, 0) is 29.8 Å². The Labute approximate surface area is 155 Å². The lowest BCUT2D eigenvalue weighted by Crippen LogP contribution is -2.35. The van der Waals surface area contributed by atoms with Gasteiger partial charge in [0.05, 0.1) is 10.9 Å². The fourth-order valence-electron chi connectivity index (χ4n) is 2.94. The van der Waals surface area contributed by atoms with E-state index >= 15 is 0 Å². The zero-order valence-corrected chi connectivity index (χ0v) is 15.0. The molecule has 0 aliphatic carbocycles. The highest BCUT2D eigenvalue weighted by Gasteiger charge is 2.29. The highest BCUT2D eigenvalue weighted by molar-refractivity contribution is 8.01. The highest BCUT2D eigenvalue weighted by atomic mass is 32.2. The molecule has 7 heteroatoms. The van der Waals surface area contributed by atoms with Crippen molar-refractivity contribution < 1.29 is 19.1 Å². The normalized spacial score (nSPS) is 17.4. The first kappa shape index (κ1) is 16.8. The summed E-state index contributed by atoms with van der Waals surface area (Å²) < 4.78 is 10.7. The largest absolute Gasteiger partial charge is 0.454 e. The summed E-state index contributed by atoms with van der Waals surface area (Å²) in [5.41, 5.74) is 1.76. The predicted molar refractivity (Wildman–Crippen MR) is 98.4 cm³/mol. The van der Waals surface area contributed by atoms with E-state index in [0.717, 1.165) is 21.9 Å². The number of carbonyl (C=O) groups is 2. The van der Waals surface area contributed by atoms with Gasteiger partial charge in [0, 0.05) is 24.9 Å². The third-order valence-corrected chi connectivity index (χ3v) is 5.62. The Bertz CT molecular complexity index is 870. The topological polar surface area (TPSA) is 67.9 Å². The molecule has 134 valence electrons. The Kier molecular flexibility index (Phi) is 4.46. The summed E-state index contributed by atoms with van der Waals surface area (Å²) in [6.07, 6.45) is 0.159. The molecule has 0 saturated heterocycles. The molecule has 0 aromatic heterocycles. The lowest BCUT2D eigenvalue weighted by Gasteiger charge is -2.25. The molecule has 2 aromatic rings. The average Bonchev–Trinajstić information content (AvgIpc) is 3.10. The maximum Gasteiger partial charge on any atom is 0.238 e. The van der Waals surface area contributed by atoms with Crippen molar-refractivity contribution in [1.29, 1.82) is 0 Å². The number of carbonyl (C=O) groups excluding carboxylic acids is 2. The van der Waals surface area contributed by atoms with Crippen molar-refractivity contribution in [3.05, 3.63) is 48.0 Å². The van der Waals surface area contributed by atoms with Gasteiger partial charge in [0.1, 0.15) is 0 Å². The Balaban J connectivity index is 1.39. The minimum Gasteiger partial charge on any atom is -0.454 e. The second kappa shape index (κ2) is 6.92. The van der Waals surface area contributed by atoms with E-state index < -0.39 is 5.25 Å². The third-order valence-electron chi connectivity index (χ3n) is 4.35. The highest BCUT2D eigenvalue weighted by Crippen LogP contribution is 2.37. The smallest absolute Gasteiger partial charge is 0.238 e. The van der Waals surface area contributed by atoms with E-state index in [2.05, 4.69) is 5.32 Å². The van der Waals surface area contributed by atoms with Crippen molar-refractivity contribution in [3.63, 3.8) is 0 Å². The monoisotopic (exact) mass is 370 g/mol. The molecule has 2 aliphatic heterocycles. The van der Waals surface area contributed by atoms with Crippen molar-refractivity contribution in [2.75, 3.05) is 19.2 Å². The van der Waals surface area contributed by atoms with E-state index in [-0.39, 0.29) is 25.0 Å². The van der Waals surface area contributed by atoms with Crippen LogP contribution in [0.25, 0.3) is 0 Å². The molecule has 4 rings (SSSR count). The van der Waals surface area contributed by atoms with E-state index in [1.54, 1.807) is 11.9 Å². The van der Waals surface area contributed by atoms with Crippen molar-refractivity contribution in [1.82, 2.24) is 4.90 Å². The van der Waals surface area contributed by atoms with Crippen LogP contribution in [-0.4, -0.2) is 35.8 Å². The number of hydrogen-bond donors (Lipinski definition) is 1. The van der Waals surface area contributed by atoms with E-state index in [1.807, 2.05) is 42.5 Å². The summed E-state index contributed by atoms with van der Waals surface area (Å²) in [6, 6.07) is 13.3. The maximum absolute atomic E-state index is 12.6. The SMILES string of the molecule is CN(Cc1ccc2c(c1)OCO2)C(=O)C[C@@H]1Sc2ccccc2NC1=O. The summed E-state index contributed by atoms with van der Waals surface area (Å²) in [6.45, 7) is 0.675. The Morgan fingerprint density at radius 3 is 2.92 bits per heavy atom.